The minimum Gasteiger partial charge on any atom is -0.497 e. The molecule has 0 spiro atoms. The van der Waals surface area contributed by atoms with Crippen LogP contribution in [0.15, 0.2) is 78.0 Å². The van der Waals surface area contributed by atoms with E-state index in [0.717, 1.165) is 39.5 Å². The van der Waals surface area contributed by atoms with Crippen LogP contribution in [0.5, 0.6) is 11.5 Å². The zero-order valence-corrected chi connectivity index (χ0v) is 21.5. The van der Waals surface area contributed by atoms with Crippen molar-refractivity contribution < 1.29 is 14.3 Å². The molecule has 186 valence electrons. The van der Waals surface area contributed by atoms with E-state index in [1.54, 1.807) is 26.0 Å². The maximum Gasteiger partial charge on any atom is 0.220 e. The Balaban J connectivity index is 1.49. The molecule has 0 unspecified atom stereocenters. The Morgan fingerprint density at radius 3 is 2.61 bits per heavy atom. The average molecular weight is 503 g/mol. The molecule has 0 atom stereocenters. The van der Waals surface area contributed by atoms with Crippen molar-refractivity contribution in [2.24, 2.45) is 0 Å². The number of aromatic nitrogens is 3. The van der Waals surface area contributed by atoms with Gasteiger partial charge in [0, 0.05) is 36.8 Å². The van der Waals surface area contributed by atoms with E-state index in [4.69, 9.17) is 9.47 Å². The van der Waals surface area contributed by atoms with E-state index < -0.39 is 0 Å². The van der Waals surface area contributed by atoms with Gasteiger partial charge in [-0.25, -0.2) is 0 Å². The highest BCUT2D eigenvalue weighted by molar-refractivity contribution is 7.98. The smallest absolute Gasteiger partial charge is 0.220 e. The summed E-state index contributed by atoms with van der Waals surface area (Å²) in [5, 5.41) is 12.7. The number of hydrogen-bond donors (Lipinski definition) is 1. The number of thioether (sulfide) groups is 1. The van der Waals surface area contributed by atoms with Crippen molar-refractivity contribution in [1.29, 1.82) is 0 Å². The minimum atomic E-state index is -0.0601. The second-order valence-corrected chi connectivity index (χ2v) is 9.24. The SMILES string of the molecule is COc1cccc(-n2c(CCC(=O)NCc3ccccc3OC)nnc2SCc2cccc(C)c2)c1. The molecule has 0 aliphatic carbocycles. The Labute approximate surface area is 215 Å². The fraction of sp³-hybridized carbons (Fsp3) is 0.250. The summed E-state index contributed by atoms with van der Waals surface area (Å²) >= 11 is 1.62. The van der Waals surface area contributed by atoms with Crippen LogP contribution in [0, 0.1) is 6.92 Å². The summed E-state index contributed by atoms with van der Waals surface area (Å²) in [7, 11) is 3.27. The number of nitrogens with zero attached hydrogens (tertiary/aromatic N) is 3. The van der Waals surface area contributed by atoms with Gasteiger partial charge in [0.1, 0.15) is 17.3 Å². The fourth-order valence-electron chi connectivity index (χ4n) is 3.87. The third kappa shape index (κ3) is 6.46. The number of rotatable bonds is 11. The van der Waals surface area contributed by atoms with E-state index in [1.807, 2.05) is 53.1 Å². The predicted molar refractivity (Wildman–Crippen MR) is 142 cm³/mol. The number of para-hydroxylation sites is 1. The molecule has 0 aliphatic rings. The van der Waals surface area contributed by atoms with Gasteiger partial charge in [0.15, 0.2) is 5.16 Å². The molecule has 0 saturated heterocycles. The lowest BCUT2D eigenvalue weighted by Gasteiger charge is -2.12. The van der Waals surface area contributed by atoms with Crippen molar-refractivity contribution in [1.82, 2.24) is 20.1 Å². The summed E-state index contributed by atoms with van der Waals surface area (Å²) in [4.78, 5) is 12.7. The first-order valence-electron chi connectivity index (χ1n) is 11.7. The normalized spacial score (nSPS) is 10.8. The number of aryl methyl sites for hydroxylation is 2. The second-order valence-electron chi connectivity index (χ2n) is 8.30. The molecule has 4 rings (SSSR count). The molecule has 4 aromatic rings. The zero-order chi connectivity index (χ0) is 25.3. The molecule has 0 saturated carbocycles. The molecule has 0 fully saturated rings. The van der Waals surface area contributed by atoms with Crippen LogP contribution in [0.2, 0.25) is 0 Å². The van der Waals surface area contributed by atoms with Gasteiger partial charge in [-0.15, -0.1) is 10.2 Å². The summed E-state index contributed by atoms with van der Waals surface area (Å²) in [5.74, 6) is 2.93. The van der Waals surface area contributed by atoms with Gasteiger partial charge in [0.05, 0.1) is 19.9 Å². The molecule has 1 N–H and O–H groups in total. The molecule has 0 radical (unpaired) electrons. The van der Waals surface area contributed by atoms with Gasteiger partial charge in [-0.2, -0.15) is 0 Å². The first-order valence-corrected chi connectivity index (χ1v) is 12.7. The summed E-state index contributed by atoms with van der Waals surface area (Å²) in [6.45, 7) is 2.49. The number of hydrogen-bond acceptors (Lipinski definition) is 6. The predicted octanol–water partition coefficient (Wildman–Crippen LogP) is 5.13. The number of ether oxygens (including phenoxy) is 2. The molecular weight excluding hydrogens is 472 g/mol. The van der Waals surface area contributed by atoms with Gasteiger partial charge >= 0.3 is 0 Å². The van der Waals surface area contributed by atoms with Crippen LogP contribution < -0.4 is 14.8 Å². The molecule has 0 aliphatic heterocycles. The molecule has 1 amide bonds. The van der Waals surface area contributed by atoms with Crippen molar-refractivity contribution >= 4 is 17.7 Å². The minimum absolute atomic E-state index is 0.0601. The van der Waals surface area contributed by atoms with Gasteiger partial charge in [-0.3, -0.25) is 9.36 Å². The van der Waals surface area contributed by atoms with E-state index in [1.165, 1.54) is 11.1 Å². The first kappa shape index (κ1) is 25.3. The first-order chi connectivity index (χ1) is 17.6. The van der Waals surface area contributed by atoms with Crippen LogP contribution in [-0.4, -0.2) is 34.9 Å². The van der Waals surface area contributed by atoms with Crippen molar-refractivity contribution in [3.63, 3.8) is 0 Å². The van der Waals surface area contributed by atoms with E-state index in [-0.39, 0.29) is 5.91 Å². The standard InChI is InChI=1S/C28H30N4O3S/c1-20-8-6-9-21(16-20)19-36-28-31-30-26(32(28)23-11-7-12-24(17-23)34-2)14-15-27(33)29-18-22-10-4-5-13-25(22)35-3/h4-13,16-17H,14-15,18-19H2,1-3H3,(H,29,33). The summed E-state index contributed by atoms with van der Waals surface area (Å²) < 4.78 is 12.8. The van der Waals surface area contributed by atoms with Gasteiger partial charge in [0.2, 0.25) is 5.91 Å². The molecule has 7 nitrogen and oxygen atoms in total. The molecule has 0 bridgehead atoms. The van der Waals surface area contributed by atoms with Crippen molar-refractivity contribution in [3.8, 4) is 17.2 Å². The van der Waals surface area contributed by atoms with E-state index in [2.05, 4.69) is 46.7 Å². The van der Waals surface area contributed by atoms with Crippen LogP contribution in [-0.2, 0) is 23.5 Å². The summed E-state index contributed by atoms with van der Waals surface area (Å²) in [6, 6.07) is 23.9. The molecular formula is C28H30N4O3S. The van der Waals surface area contributed by atoms with Crippen molar-refractivity contribution in [2.45, 2.75) is 37.2 Å². The van der Waals surface area contributed by atoms with Crippen molar-refractivity contribution in [2.75, 3.05) is 14.2 Å². The quantitative estimate of drug-likeness (QED) is 0.286. The monoisotopic (exact) mass is 502 g/mol. The van der Waals surface area contributed by atoms with E-state index in [9.17, 15) is 4.79 Å². The Hall–Kier alpha value is -3.78. The average Bonchev–Trinajstić information content (AvgIpc) is 3.32. The van der Waals surface area contributed by atoms with E-state index >= 15 is 0 Å². The highest BCUT2D eigenvalue weighted by Crippen LogP contribution is 2.28. The number of methoxy groups -OCH3 is 2. The largest absolute Gasteiger partial charge is 0.497 e. The third-order valence-corrected chi connectivity index (χ3v) is 6.71. The number of carbonyl (C=O) groups excluding carboxylic acids is 1. The molecule has 3 aromatic carbocycles. The fourth-order valence-corrected chi connectivity index (χ4v) is 4.78. The Bertz CT molecular complexity index is 1320. The zero-order valence-electron chi connectivity index (χ0n) is 20.7. The highest BCUT2D eigenvalue weighted by Gasteiger charge is 2.17. The molecule has 1 aromatic heterocycles. The Morgan fingerprint density at radius 1 is 0.972 bits per heavy atom. The lowest BCUT2D eigenvalue weighted by molar-refractivity contribution is -0.121. The lowest BCUT2D eigenvalue weighted by Crippen LogP contribution is -2.23. The van der Waals surface area contributed by atoms with Gasteiger partial charge in [0.25, 0.3) is 0 Å². The summed E-state index contributed by atoms with van der Waals surface area (Å²) in [5.41, 5.74) is 4.28. The Kier molecular flexibility index (Phi) is 8.62. The lowest BCUT2D eigenvalue weighted by atomic mass is 10.2. The third-order valence-electron chi connectivity index (χ3n) is 5.71. The molecule has 8 heteroatoms. The molecule has 36 heavy (non-hydrogen) atoms. The van der Waals surface area contributed by atoms with Gasteiger partial charge in [-0.1, -0.05) is 65.9 Å². The van der Waals surface area contributed by atoms with Crippen molar-refractivity contribution in [3.05, 3.63) is 95.3 Å². The molecule has 1 heterocycles. The highest BCUT2D eigenvalue weighted by atomic mass is 32.2. The summed E-state index contributed by atoms with van der Waals surface area (Å²) in [6.07, 6.45) is 0.743. The Morgan fingerprint density at radius 2 is 1.81 bits per heavy atom. The number of nitrogens with one attached hydrogen (secondary N) is 1. The van der Waals surface area contributed by atoms with Crippen LogP contribution >= 0.6 is 11.8 Å². The number of carbonyl (C=O) groups is 1. The van der Waals surface area contributed by atoms with Crippen LogP contribution in [0.3, 0.4) is 0 Å². The van der Waals surface area contributed by atoms with Gasteiger partial charge < -0.3 is 14.8 Å². The topological polar surface area (TPSA) is 78.3 Å². The van der Waals surface area contributed by atoms with E-state index in [0.29, 0.717) is 19.4 Å². The van der Waals surface area contributed by atoms with Crippen LogP contribution in [0.4, 0.5) is 0 Å². The van der Waals surface area contributed by atoms with Crippen LogP contribution in [0.1, 0.15) is 28.9 Å². The number of benzene rings is 3. The van der Waals surface area contributed by atoms with Crippen LogP contribution in [0.25, 0.3) is 5.69 Å². The second kappa shape index (κ2) is 12.3. The van der Waals surface area contributed by atoms with Gasteiger partial charge in [-0.05, 0) is 30.7 Å². The maximum atomic E-state index is 12.7. The number of amides is 1. The maximum absolute atomic E-state index is 12.7.